The second-order valence-electron chi connectivity index (χ2n) is 4.50. The van der Waals surface area contributed by atoms with Gasteiger partial charge in [-0.25, -0.2) is 0 Å². The zero-order valence-electron chi connectivity index (χ0n) is 10.5. The molecule has 1 amide bonds. The molecule has 0 saturated heterocycles. The van der Waals surface area contributed by atoms with Gasteiger partial charge in [0.15, 0.2) is 0 Å². The van der Waals surface area contributed by atoms with Crippen LogP contribution in [-0.2, 0) is 0 Å². The molecule has 4 nitrogen and oxygen atoms in total. The number of carbonyl (C=O) groups excluding carboxylic acids is 1. The number of hydrogen-bond acceptors (Lipinski definition) is 3. The van der Waals surface area contributed by atoms with E-state index in [0.29, 0.717) is 6.42 Å². The first kappa shape index (κ1) is 15.2. The number of nitrogens with one attached hydrogen (secondary N) is 1. The Balaban J connectivity index is 2.83. The summed E-state index contributed by atoms with van der Waals surface area (Å²) in [7, 11) is 0. The Morgan fingerprint density at radius 3 is 2.67 bits per heavy atom. The molecule has 0 heterocycles. The van der Waals surface area contributed by atoms with Crippen molar-refractivity contribution in [1.29, 1.82) is 0 Å². The molecule has 0 spiro atoms. The molecule has 1 atom stereocenters. The molecule has 0 aliphatic rings. The van der Waals surface area contributed by atoms with Gasteiger partial charge in [0.05, 0.1) is 5.56 Å². The SMILES string of the molecule is CC(C)C(CCO)NC(=O)c1cc(I)ccc1O. The van der Waals surface area contributed by atoms with Crippen LogP contribution >= 0.6 is 22.6 Å². The van der Waals surface area contributed by atoms with E-state index in [4.69, 9.17) is 5.11 Å². The fraction of sp³-hybridized carbons (Fsp3) is 0.462. The van der Waals surface area contributed by atoms with Gasteiger partial charge in [-0.3, -0.25) is 4.79 Å². The maximum atomic E-state index is 12.1. The van der Waals surface area contributed by atoms with Gasteiger partial charge in [0.1, 0.15) is 5.75 Å². The lowest BCUT2D eigenvalue weighted by atomic mass is 10.0. The first-order valence-corrected chi connectivity index (χ1v) is 6.93. The first-order chi connectivity index (χ1) is 8.45. The minimum atomic E-state index is -0.307. The summed E-state index contributed by atoms with van der Waals surface area (Å²) in [5.41, 5.74) is 0.269. The van der Waals surface area contributed by atoms with Gasteiger partial charge in [0.2, 0.25) is 0 Å². The van der Waals surface area contributed by atoms with E-state index in [2.05, 4.69) is 27.9 Å². The highest BCUT2D eigenvalue weighted by molar-refractivity contribution is 14.1. The molecule has 3 N–H and O–H groups in total. The maximum absolute atomic E-state index is 12.1. The maximum Gasteiger partial charge on any atom is 0.255 e. The van der Waals surface area contributed by atoms with E-state index in [9.17, 15) is 9.90 Å². The predicted molar refractivity (Wildman–Crippen MR) is 78.6 cm³/mol. The van der Waals surface area contributed by atoms with Crippen LogP contribution in [0.25, 0.3) is 0 Å². The monoisotopic (exact) mass is 363 g/mol. The Hall–Kier alpha value is -0.820. The third-order valence-corrected chi connectivity index (χ3v) is 3.44. The zero-order valence-corrected chi connectivity index (χ0v) is 12.6. The summed E-state index contributed by atoms with van der Waals surface area (Å²) in [6.07, 6.45) is 0.508. The number of rotatable bonds is 5. The van der Waals surface area contributed by atoms with Crippen LogP contribution in [0.2, 0.25) is 0 Å². The molecular formula is C13H18INO3. The van der Waals surface area contributed by atoms with E-state index in [1.807, 2.05) is 13.8 Å². The highest BCUT2D eigenvalue weighted by atomic mass is 127. The van der Waals surface area contributed by atoms with Crippen molar-refractivity contribution in [2.75, 3.05) is 6.61 Å². The Kier molecular flexibility index (Phi) is 5.87. The van der Waals surface area contributed by atoms with E-state index in [0.717, 1.165) is 3.57 Å². The Bertz CT molecular complexity index is 421. The van der Waals surface area contributed by atoms with Gasteiger partial charge in [0.25, 0.3) is 5.91 Å². The lowest BCUT2D eigenvalue weighted by molar-refractivity contribution is 0.0914. The summed E-state index contributed by atoms with van der Waals surface area (Å²) in [5, 5.41) is 21.5. The second kappa shape index (κ2) is 6.94. The van der Waals surface area contributed by atoms with Crippen LogP contribution in [0, 0.1) is 9.49 Å². The number of aromatic hydroxyl groups is 1. The van der Waals surface area contributed by atoms with Gasteiger partial charge in [-0.2, -0.15) is 0 Å². The second-order valence-corrected chi connectivity index (χ2v) is 5.74. The van der Waals surface area contributed by atoms with Gasteiger partial charge in [-0.15, -0.1) is 0 Å². The normalized spacial score (nSPS) is 12.5. The van der Waals surface area contributed by atoms with Crippen molar-refractivity contribution in [2.24, 2.45) is 5.92 Å². The quantitative estimate of drug-likeness (QED) is 0.702. The summed E-state index contributed by atoms with van der Waals surface area (Å²) in [6.45, 7) is 3.99. The molecule has 1 unspecified atom stereocenters. The number of benzene rings is 1. The first-order valence-electron chi connectivity index (χ1n) is 5.86. The summed E-state index contributed by atoms with van der Waals surface area (Å²) in [6, 6.07) is 4.79. The Labute approximate surface area is 121 Å². The van der Waals surface area contributed by atoms with Crippen LogP contribution in [0.5, 0.6) is 5.75 Å². The molecule has 5 heteroatoms. The number of aliphatic hydroxyl groups is 1. The lowest BCUT2D eigenvalue weighted by Crippen LogP contribution is -2.39. The van der Waals surface area contributed by atoms with Crippen LogP contribution in [0.3, 0.4) is 0 Å². The minimum Gasteiger partial charge on any atom is -0.507 e. The van der Waals surface area contributed by atoms with Crippen LogP contribution in [0.15, 0.2) is 18.2 Å². The van der Waals surface area contributed by atoms with Crippen LogP contribution < -0.4 is 5.32 Å². The molecule has 0 aromatic heterocycles. The van der Waals surface area contributed by atoms with Gasteiger partial charge in [-0.05, 0) is 53.1 Å². The van der Waals surface area contributed by atoms with E-state index in [1.165, 1.54) is 6.07 Å². The predicted octanol–water partition coefficient (Wildman–Crippen LogP) is 2.13. The number of carbonyl (C=O) groups is 1. The van der Waals surface area contributed by atoms with Crippen molar-refractivity contribution in [1.82, 2.24) is 5.32 Å². The summed E-state index contributed by atoms with van der Waals surface area (Å²) >= 11 is 2.09. The summed E-state index contributed by atoms with van der Waals surface area (Å²) in [5.74, 6) is -0.108. The molecule has 100 valence electrons. The van der Waals surface area contributed by atoms with E-state index < -0.39 is 0 Å². The van der Waals surface area contributed by atoms with Gasteiger partial charge in [-0.1, -0.05) is 13.8 Å². The van der Waals surface area contributed by atoms with Crippen molar-refractivity contribution < 1.29 is 15.0 Å². The number of amides is 1. The largest absolute Gasteiger partial charge is 0.507 e. The van der Waals surface area contributed by atoms with Crippen molar-refractivity contribution >= 4 is 28.5 Å². The van der Waals surface area contributed by atoms with E-state index in [-0.39, 0.29) is 35.8 Å². The Morgan fingerprint density at radius 1 is 1.44 bits per heavy atom. The number of aliphatic hydroxyl groups excluding tert-OH is 1. The highest BCUT2D eigenvalue weighted by Gasteiger charge is 2.18. The molecule has 0 saturated carbocycles. The smallest absolute Gasteiger partial charge is 0.255 e. The van der Waals surface area contributed by atoms with Crippen molar-refractivity contribution in [3.8, 4) is 5.75 Å². The van der Waals surface area contributed by atoms with Gasteiger partial charge < -0.3 is 15.5 Å². The number of halogens is 1. The average molecular weight is 363 g/mol. The van der Waals surface area contributed by atoms with Crippen molar-refractivity contribution in [3.63, 3.8) is 0 Å². The van der Waals surface area contributed by atoms with E-state index >= 15 is 0 Å². The summed E-state index contributed by atoms with van der Waals surface area (Å²) in [4.78, 5) is 12.1. The molecular weight excluding hydrogens is 345 g/mol. The fourth-order valence-electron chi connectivity index (χ4n) is 1.65. The average Bonchev–Trinajstić information content (AvgIpc) is 2.31. The number of phenols is 1. The standard InChI is InChI=1S/C13H18INO3/c1-8(2)11(5-6-16)15-13(18)10-7-9(14)3-4-12(10)17/h3-4,7-8,11,16-17H,5-6H2,1-2H3,(H,15,18). The molecule has 0 bridgehead atoms. The van der Waals surface area contributed by atoms with Crippen LogP contribution in [0.1, 0.15) is 30.6 Å². The van der Waals surface area contributed by atoms with Gasteiger partial charge >= 0.3 is 0 Å². The molecule has 0 fully saturated rings. The molecule has 1 aromatic carbocycles. The third kappa shape index (κ3) is 4.13. The molecule has 0 aliphatic carbocycles. The zero-order chi connectivity index (χ0) is 13.7. The van der Waals surface area contributed by atoms with Crippen LogP contribution in [0.4, 0.5) is 0 Å². The van der Waals surface area contributed by atoms with Gasteiger partial charge in [0, 0.05) is 16.2 Å². The molecule has 1 aromatic rings. The molecule has 0 radical (unpaired) electrons. The topological polar surface area (TPSA) is 69.6 Å². The minimum absolute atomic E-state index is 0.0283. The Morgan fingerprint density at radius 2 is 2.11 bits per heavy atom. The highest BCUT2D eigenvalue weighted by Crippen LogP contribution is 2.20. The van der Waals surface area contributed by atoms with Crippen LogP contribution in [-0.4, -0.2) is 28.8 Å². The number of hydrogen-bond donors (Lipinski definition) is 3. The fourth-order valence-corrected chi connectivity index (χ4v) is 2.14. The van der Waals surface area contributed by atoms with Crippen molar-refractivity contribution in [2.45, 2.75) is 26.3 Å². The molecule has 18 heavy (non-hydrogen) atoms. The third-order valence-electron chi connectivity index (χ3n) is 2.76. The van der Waals surface area contributed by atoms with E-state index in [1.54, 1.807) is 12.1 Å². The lowest BCUT2D eigenvalue weighted by Gasteiger charge is -2.21. The summed E-state index contributed by atoms with van der Waals surface area (Å²) < 4.78 is 0.888. The molecule has 1 rings (SSSR count). The van der Waals surface area contributed by atoms with Crippen molar-refractivity contribution in [3.05, 3.63) is 27.3 Å². The number of phenolic OH excluding ortho intramolecular Hbond substituents is 1. The molecule has 0 aliphatic heterocycles.